The van der Waals surface area contributed by atoms with Crippen molar-refractivity contribution in [2.75, 3.05) is 38.1 Å². The summed E-state index contributed by atoms with van der Waals surface area (Å²) in [5, 5.41) is 9.51. The van der Waals surface area contributed by atoms with Crippen LogP contribution in [0.2, 0.25) is 0 Å². The summed E-state index contributed by atoms with van der Waals surface area (Å²) in [4.78, 5) is 39.8. The van der Waals surface area contributed by atoms with Crippen molar-refractivity contribution in [1.29, 1.82) is 0 Å². The maximum absolute atomic E-state index is 13.6. The molecule has 1 aliphatic rings. The zero-order valence-electron chi connectivity index (χ0n) is 22.5. The van der Waals surface area contributed by atoms with Crippen molar-refractivity contribution in [3.63, 3.8) is 0 Å². The fraction of sp³-hybridized carbons (Fsp3) is 0.444. The standard InChI is InChI=1S/C27H36FN5O3.2ClH/c1-18(2)29-10-11-30-26(35)16-32(25-13-21(20(4)34)7-6-19(25)3)17-27(36)31(5)33-14-22-8-9-24(28)12-23(22)15-33;;/h6-9,12-13,18,29H,10-11,14-17H2,1-5H3,(H,30,35);2*1H. The monoisotopic (exact) mass is 569 g/mol. The molecular weight excluding hydrogens is 532 g/mol. The van der Waals surface area contributed by atoms with E-state index >= 15 is 0 Å². The van der Waals surface area contributed by atoms with Gasteiger partial charge in [-0.2, -0.15) is 0 Å². The quantitative estimate of drug-likeness (QED) is 0.318. The van der Waals surface area contributed by atoms with Crippen molar-refractivity contribution in [1.82, 2.24) is 20.7 Å². The second-order valence-electron chi connectivity index (χ2n) is 9.53. The summed E-state index contributed by atoms with van der Waals surface area (Å²) >= 11 is 0. The van der Waals surface area contributed by atoms with Gasteiger partial charge in [0.05, 0.1) is 13.1 Å². The van der Waals surface area contributed by atoms with Gasteiger partial charge in [0, 0.05) is 50.5 Å². The molecule has 0 aliphatic carbocycles. The number of nitrogens with one attached hydrogen (secondary N) is 2. The number of fused-ring (bicyclic) bond motifs is 1. The number of hydrogen-bond acceptors (Lipinski definition) is 6. The van der Waals surface area contributed by atoms with Gasteiger partial charge in [-0.1, -0.05) is 32.0 Å². The van der Waals surface area contributed by atoms with Crippen LogP contribution in [0.25, 0.3) is 0 Å². The van der Waals surface area contributed by atoms with E-state index in [2.05, 4.69) is 10.6 Å². The van der Waals surface area contributed by atoms with E-state index in [0.29, 0.717) is 43.5 Å². The third kappa shape index (κ3) is 8.94. The van der Waals surface area contributed by atoms with Gasteiger partial charge >= 0.3 is 0 Å². The molecule has 2 amide bonds. The topological polar surface area (TPSA) is 85.0 Å². The van der Waals surface area contributed by atoms with Gasteiger partial charge in [-0.3, -0.25) is 19.4 Å². The maximum Gasteiger partial charge on any atom is 0.256 e. The predicted molar refractivity (Wildman–Crippen MR) is 152 cm³/mol. The average molecular weight is 571 g/mol. The number of hydrazine groups is 1. The van der Waals surface area contributed by atoms with Crippen LogP contribution in [0.5, 0.6) is 0 Å². The number of carbonyl (C=O) groups excluding carboxylic acids is 3. The number of ketones is 1. The van der Waals surface area contributed by atoms with E-state index in [-0.39, 0.29) is 61.3 Å². The number of aryl methyl sites for hydroxylation is 1. The second kappa shape index (κ2) is 15.0. The van der Waals surface area contributed by atoms with E-state index < -0.39 is 0 Å². The Morgan fingerprint density at radius 3 is 2.34 bits per heavy atom. The number of carbonyl (C=O) groups is 3. The van der Waals surface area contributed by atoms with Crippen LogP contribution >= 0.6 is 24.8 Å². The molecule has 0 saturated carbocycles. The molecule has 1 aliphatic heterocycles. The molecule has 0 unspecified atom stereocenters. The van der Waals surface area contributed by atoms with Gasteiger partial charge in [0.25, 0.3) is 5.91 Å². The van der Waals surface area contributed by atoms with Gasteiger partial charge in [-0.15, -0.1) is 24.8 Å². The number of hydrogen-bond donors (Lipinski definition) is 2. The zero-order chi connectivity index (χ0) is 26.4. The van der Waals surface area contributed by atoms with Crippen molar-refractivity contribution < 1.29 is 18.8 Å². The van der Waals surface area contributed by atoms with Crippen molar-refractivity contribution in [3.05, 3.63) is 64.5 Å². The molecule has 11 heteroatoms. The summed E-state index contributed by atoms with van der Waals surface area (Å²) in [7, 11) is 1.68. The van der Waals surface area contributed by atoms with Crippen LogP contribution in [0.4, 0.5) is 10.1 Å². The smallest absolute Gasteiger partial charge is 0.256 e. The number of Topliss-reactive ketones (excluding diaryl/α,β-unsaturated/α-hetero) is 1. The van der Waals surface area contributed by atoms with Gasteiger partial charge in [0.15, 0.2) is 5.78 Å². The highest BCUT2D eigenvalue weighted by Crippen LogP contribution is 2.26. The lowest BCUT2D eigenvalue weighted by atomic mass is 10.1. The Hall–Kier alpha value is -2.72. The van der Waals surface area contributed by atoms with Crippen molar-refractivity contribution >= 4 is 48.1 Å². The first-order valence-corrected chi connectivity index (χ1v) is 12.2. The minimum atomic E-state index is -0.300. The van der Waals surface area contributed by atoms with E-state index in [4.69, 9.17) is 0 Å². The van der Waals surface area contributed by atoms with Gasteiger partial charge in [-0.25, -0.2) is 9.40 Å². The molecule has 0 fully saturated rings. The third-order valence-corrected chi connectivity index (χ3v) is 6.28. The average Bonchev–Trinajstić information content (AvgIpc) is 3.24. The van der Waals surface area contributed by atoms with E-state index in [1.807, 2.05) is 31.8 Å². The molecule has 0 spiro atoms. The van der Waals surface area contributed by atoms with Crippen LogP contribution in [0, 0.1) is 12.7 Å². The Morgan fingerprint density at radius 2 is 1.68 bits per heavy atom. The van der Waals surface area contributed by atoms with Crippen LogP contribution < -0.4 is 15.5 Å². The molecule has 210 valence electrons. The molecule has 2 aromatic rings. The molecule has 38 heavy (non-hydrogen) atoms. The van der Waals surface area contributed by atoms with Crippen LogP contribution in [0.1, 0.15) is 47.8 Å². The summed E-state index contributed by atoms with van der Waals surface area (Å²) < 4.78 is 13.6. The highest BCUT2D eigenvalue weighted by atomic mass is 35.5. The molecule has 2 aromatic carbocycles. The van der Waals surface area contributed by atoms with Gasteiger partial charge in [-0.05, 0) is 48.7 Å². The number of anilines is 1. The summed E-state index contributed by atoms with van der Waals surface area (Å²) in [6, 6.07) is 10.3. The van der Waals surface area contributed by atoms with Crippen LogP contribution in [-0.2, 0) is 22.7 Å². The van der Waals surface area contributed by atoms with E-state index in [1.165, 1.54) is 24.1 Å². The molecule has 8 nitrogen and oxygen atoms in total. The molecule has 2 N–H and O–H groups in total. The Kier molecular flexibility index (Phi) is 13.2. The lowest BCUT2D eigenvalue weighted by Gasteiger charge is -2.32. The molecular formula is C27H38Cl2FN5O3. The number of halogens is 3. The highest BCUT2D eigenvalue weighted by Gasteiger charge is 2.27. The number of likely N-dealkylation sites (N-methyl/N-ethyl adjacent to an activating group) is 1. The van der Waals surface area contributed by atoms with E-state index in [1.54, 1.807) is 30.1 Å². The van der Waals surface area contributed by atoms with Crippen molar-refractivity contribution in [3.8, 4) is 0 Å². The maximum atomic E-state index is 13.6. The number of amides is 2. The van der Waals surface area contributed by atoms with E-state index in [9.17, 15) is 18.8 Å². The van der Waals surface area contributed by atoms with E-state index in [0.717, 1.165) is 16.7 Å². The van der Waals surface area contributed by atoms with Crippen LogP contribution in [-0.4, -0.2) is 66.9 Å². The largest absolute Gasteiger partial charge is 0.353 e. The zero-order valence-corrected chi connectivity index (χ0v) is 24.2. The first-order chi connectivity index (χ1) is 17.0. The summed E-state index contributed by atoms with van der Waals surface area (Å²) in [5.41, 5.74) is 3.86. The Morgan fingerprint density at radius 1 is 1.00 bits per heavy atom. The predicted octanol–water partition coefficient (Wildman–Crippen LogP) is 3.49. The molecule has 0 aromatic heterocycles. The lowest BCUT2D eigenvalue weighted by molar-refractivity contribution is -0.145. The molecule has 3 rings (SSSR count). The van der Waals surface area contributed by atoms with Crippen LogP contribution in [0.3, 0.4) is 0 Å². The second-order valence-corrected chi connectivity index (χ2v) is 9.53. The van der Waals surface area contributed by atoms with Gasteiger partial charge < -0.3 is 15.5 Å². The third-order valence-electron chi connectivity index (χ3n) is 6.28. The first-order valence-electron chi connectivity index (χ1n) is 12.2. The summed E-state index contributed by atoms with van der Waals surface area (Å²) in [6.45, 7) is 9.38. The Labute approximate surface area is 236 Å². The normalized spacial score (nSPS) is 12.3. The summed E-state index contributed by atoms with van der Waals surface area (Å²) in [6.07, 6.45) is 0. The minimum Gasteiger partial charge on any atom is -0.353 e. The van der Waals surface area contributed by atoms with Crippen molar-refractivity contribution in [2.45, 2.75) is 46.8 Å². The van der Waals surface area contributed by atoms with Crippen LogP contribution in [0.15, 0.2) is 36.4 Å². The Balaban J connectivity index is 0.00000361. The van der Waals surface area contributed by atoms with Gasteiger partial charge in [0.1, 0.15) is 5.82 Å². The molecule has 1 heterocycles. The SMILES string of the molecule is CC(=O)c1ccc(C)c(N(CC(=O)NCCNC(C)C)CC(=O)N(C)N2Cc3ccc(F)cc3C2)c1.Cl.Cl. The fourth-order valence-electron chi connectivity index (χ4n) is 4.17. The first kappa shape index (κ1) is 33.3. The molecule has 0 bridgehead atoms. The summed E-state index contributed by atoms with van der Waals surface area (Å²) in [5.74, 6) is -0.824. The Bertz CT molecular complexity index is 1130. The minimum absolute atomic E-state index is 0. The molecule has 0 radical (unpaired) electrons. The van der Waals surface area contributed by atoms with Crippen molar-refractivity contribution in [2.24, 2.45) is 0 Å². The number of rotatable bonds is 11. The van der Waals surface area contributed by atoms with Gasteiger partial charge in [0.2, 0.25) is 5.91 Å². The fourth-order valence-corrected chi connectivity index (χ4v) is 4.17. The number of nitrogens with zero attached hydrogens (tertiary/aromatic N) is 3. The highest BCUT2D eigenvalue weighted by molar-refractivity contribution is 5.96. The number of benzene rings is 2. The lowest BCUT2D eigenvalue weighted by Crippen LogP contribution is -2.48. The molecule has 0 saturated heterocycles. The molecule has 0 atom stereocenters.